The van der Waals surface area contributed by atoms with Gasteiger partial charge >= 0.3 is 0 Å². The van der Waals surface area contributed by atoms with Crippen molar-refractivity contribution in [2.75, 3.05) is 10.2 Å². The number of anilines is 2. The lowest BCUT2D eigenvalue weighted by Crippen LogP contribution is -2.51. The first-order valence-corrected chi connectivity index (χ1v) is 12.9. The molecule has 0 bridgehead atoms. The first kappa shape index (κ1) is 23.3. The van der Waals surface area contributed by atoms with Crippen LogP contribution in [0.15, 0.2) is 109 Å². The molecule has 1 amide bonds. The minimum Gasteiger partial charge on any atom is -0.352 e. The molecule has 0 radical (unpaired) electrons. The molecule has 0 saturated carbocycles. The van der Waals surface area contributed by atoms with Crippen LogP contribution in [-0.4, -0.2) is 29.6 Å². The Hall–Kier alpha value is -4.84. The van der Waals surface area contributed by atoms with E-state index in [4.69, 9.17) is 0 Å². The molecule has 4 aromatic carbocycles. The van der Waals surface area contributed by atoms with Crippen molar-refractivity contribution < 1.29 is 18.8 Å². The van der Waals surface area contributed by atoms with Crippen molar-refractivity contribution in [1.82, 2.24) is 0 Å². The molecular weight excluding hydrogens is 491 g/mol. The summed E-state index contributed by atoms with van der Waals surface area (Å²) in [6.45, 7) is 0. The molecular formula is C33H23FN2O3. The van der Waals surface area contributed by atoms with E-state index in [2.05, 4.69) is 5.32 Å². The summed E-state index contributed by atoms with van der Waals surface area (Å²) in [5, 5.41) is 3.00. The molecule has 39 heavy (non-hydrogen) atoms. The molecule has 3 aliphatic heterocycles. The average Bonchev–Trinajstić information content (AvgIpc) is 3.45. The smallest absolute Gasteiger partial charge is 0.238 e. The monoisotopic (exact) mass is 514 g/mol. The topological polar surface area (TPSA) is 66.5 Å². The Balaban J connectivity index is 1.55. The van der Waals surface area contributed by atoms with Crippen molar-refractivity contribution in [3.05, 3.63) is 137 Å². The normalized spacial score (nSPS) is 24.2. The number of rotatable bonds is 4. The predicted octanol–water partition coefficient (Wildman–Crippen LogP) is 5.68. The molecule has 6 heteroatoms. The Morgan fingerprint density at radius 1 is 0.795 bits per heavy atom. The second-order valence-electron chi connectivity index (χ2n) is 10.1. The summed E-state index contributed by atoms with van der Waals surface area (Å²) in [4.78, 5) is 45.1. The van der Waals surface area contributed by atoms with Gasteiger partial charge in [0.05, 0.1) is 17.5 Å². The summed E-state index contributed by atoms with van der Waals surface area (Å²) in [5.74, 6) is -3.01. The summed E-state index contributed by atoms with van der Waals surface area (Å²) in [7, 11) is 0. The van der Waals surface area contributed by atoms with Gasteiger partial charge in [-0.05, 0) is 35.4 Å². The summed E-state index contributed by atoms with van der Waals surface area (Å²) in [6, 6.07) is 27.6. The van der Waals surface area contributed by atoms with Gasteiger partial charge in [0.15, 0.2) is 11.6 Å². The second-order valence-corrected chi connectivity index (χ2v) is 10.1. The lowest BCUT2D eigenvalue weighted by Gasteiger charge is -2.37. The fourth-order valence-electron chi connectivity index (χ4n) is 6.72. The van der Waals surface area contributed by atoms with Gasteiger partial charge in [-0.3, -0.25) is 14.4 Å². The number of carbonyl (C=O) groups excluding carboxylic acids is 3. The van der Waals surface area contributed by atoms with Crippen LogP contribution >= 0.6 is 0 Å². The van der Waals surface area contributed by atoms with Crippen molar-refractivity contribution >= 4 is 34.9 Å². The minimum atomic E-state index is -1.42. The first-order valence-electron chi connectivity index (χ1n) is 12.9. The maximum Gasteiger partial charge on any atom is 0.238 e. The Bertz CT molecular complexity index is 1700. The predicted molar refractivity (Wildman–Crippen MR) is 147 cm³/mol. The molecule has 3 heterocycles. The standard InChI is InChI=1S/C33H23FN2O3/c34-24-15-7-5-13-22(24)31(38)29-28(30(37)21-11-2-1-3-12-21)33(23-14-6-8-16-25(23)35-32(33)39)27-19-18-20-10-4-9-17-26(20)36(27)29/h1-19,27-29H,(H,35,39)/t27-,28+,29-,33-/m0/s1. The van der Waals surface area contributed by atoms with Gasteiger partial charge in [0.1, 0.15) is 17.3 Å². The lowest BCUT2D eigenvalue weighted by atomic mass is 9.64. The Morgan fingerprint density at radius 2 is 1.49 bits per heavy atom. The lowest BCUT2D eigenvalue weighted by molar-refractivity contribution is -0.121. The van der Waals surface area contributed by atoms with E-state index in [-0.39, 0.29) is 17.3 Å². The first-order chi connectivity index (χ1) is 19.0. The van der Waals surface area contributed by atoms with Crippen molar-refractivity contribution in [3.63, 3.8) is 0 Å². The fourth-order valence-corrected chi connectivity index (χ4v) is 6.72. The van der Waals surface area contributed by atoms with Gasteiger partial charge in [0.2, 0.25) is 5.91 Å². The van der Waals surface area contributed by atoms with Gasteiger partial charge in [-0.25, -0.2) is 4.39 Å². The van der Waals surface area contributed by atoms with E-state index in [1.54, 1.807) is 30.3 Å². The van der Waals surface area contributed by atoms with Crippen molar-refractivity contribution in [3.8, 4) is 0 Å². The maximum absolute atomic E-state index is 15.1. The highest BCUT2D eigenvalue weighted by atomic mass is 19.1. The van der Waals surface area contributed by atoms with Crippen LogP contribution in [0.25, 0.3) is 6.08 Å². The number of hydrogen-bond donors (Lipinski definition) is 1. The average molecular weight is 515 g/mol. The molecule has 5 nitrogen and oxygen atoms in total. The van der Waals surface area contributed by atoms with E-state index in [0.29, 0.717) is 16.8 Å². The summed E-state index contributed by atoms with van der Waals surface area (Å²) >= 11 is 0. The van der Waals surface area contributed by atoms with Crippen molar-refractivity contribution in [1.29, 1.82) is 0 Å². The number of Topliss-reactive ketones (excluding diaryl/α,β-unsaturated/α-hetero) is 2. The zero-order valence-electron chi connectivity index (χ0n) is 20.8. The number of fused-ring (bicyclic) bond motifs is 6. The molecule has 4 atom stereocenters. The molecule has 0 aliphatic carbocycles. The van der Waals surface area contributed by atoms with E-state index in [9.17, 15) is 14.4 Å². The Morgan fingerprint density at radius 3 is 2.31 bits per heavy atom. The number of carbonyl (C=O) groups is 3. The number of ketones is 2. The second kappa shape index (κ2) is 8.60. The van der Waals surface area contributed by atoms with Crippen LogP contribution in [0.4, 0.5) is 15.8 Å². The van der Waals surface area contributed by atoms with Crippen LogP contribution < -0.4 is 10.2 Å². The number of para-hydroxylation sites is 2. The third-order valence-electron chi connectivity index (χ3n) is 8.29. The van der Waals surface area contributed by atoms with Crippen LogP contribution in [0.2, 0.25) is 0 Å². The highest BCUT2D eigenvalue weighted by Gasteiger charge is 2.70. The molecule has 0 aromatic heterocycles. The maximum atomic E-state index is 15.1. The van der Waals surface area contributed by atoms with Gasteiger partial charge in [-0.1, -0.05) is 91.0 Å². The summed E-state index contributed by atoms with van der Waals surface area (Å²) < 4.78 is 15.1. The molecule has 1 spiro atoms. The molecule has 0 unspecified atom stereocenters. The van der Waals surface area contributed by atoms with Gasteiger partial charge in [-0.2, -0.15) is 0 Å². The summed E-state index contributed by atoms with van der Waals surface area (Å²) in [6.07, 6.45) is 3.84. The van der Waals surface area contributed by atoms with E-state index in [0.717, 1.165) is 11.3 Å². The summed E-state index contributed by atoms with van der Waals surface area (Å²) in [5.41, 5.74) is 1.71. The number of halogens is 1. The van der Waals surface area contributed by atoms with E-state index >= 15 is 4.39 Å². The molecule has 4 aromatic rings. The third-order valence-corrected chi connectivity index (χ3v) is 8.29. The quantitative estimate of drug-likeness (QED) is 0.356. The van der Waals surface area contributed by atoms with Crippen LogP contribution in [0.5, 0.6) is 0 Å². The largest absolute Gasteiger partial charge is 0.352 e. The van der Waals surface area contributed by atoms with Crippen LogP contribution in [0, 0.1) is 11.7 Å². The Labute approximate surface area is 224 Å². The molecule has 190 valence electrons. The van der Waals surface area contributed by atoms with Gasteiger partial charge in [-0.15, -0.1) is 0 Å². The van der Waals surface area contributed by atoms with Gasteiger partial charge in [0, 0.05) is 16.9 Å². The van der Waals surface area contributed by atoms with Crippen molar-refractivity contribution in [2.45, 2.75) is 17.5 Å². The van der Waals surface area contributed by atoms with Crippen molar-refractivity contribution in [2.24, 2.45) is 5.92 Å². The molecule has 3 aliphatic rings. The molecule has 7 rings (SSSR count). The number of benzene rings is 4. The molecule has 1 saturated heterocycles. The van der Waals surface area contributed by atoms with E-state index in [1.807, 2.05) is 71.6 Å². The zero-order valence-corrected chi connectivity index (χ0v) is 20.8. The molecule has 1 N–H and O–H groups in total. The zero-order chi connectivity index (χ0) is 26.7. The molecule has 1 fully saturated rings. The highest BCUT2D eigenvalue weighted by Crippen LogP contribution is 2.58. The number of nitrogens with zero attached hydrogens (tertiary/aromatic N) is 1. The number of nitrogens with one attached hydrogen (secondary N) is 1. The fraction of sp³-hybridized carbons (Fsp3) is 0.121. The van der Waals surface area contributed by atoms with E-state index < -0.39 is 35.0 Å². The van der Waals surface area contributed by atoms with Crippen LogP contribution in [0.1, 0.15) is 31.8 Å². The number of hydrogen-bond acceptors (Lipinski definition) is 4. The third kappa shape index (κ3) is 3.15. The van der Waals surface area contributed by atoms with E-state index in [1.165, 1.54) is 18.2 Å². The van der Waals surface area contributed by atoms with Gasteiger partial charge < -0.3 is 10.2 Å². The van der Waals surface area contributed by atoms with Gasteiger partial charge in [0.25, 0.3) is 0 Å². The highest BCUT2D eigenvalue weighted by molar-refractivity contribution is 6.18. The number of amides is 1. The van der Waals surface area contributed by atoms with Crippen LogP contribution in [0.3, 0.4) is 0 Å². The minimum absolute atomic E-state index is 0.108. The van der Waals surface area contributed by atoms with Crippen LogP contribution in [-0.2, 0) is 10.2 Å². The Kier molecular flexibility index (Phi) is 5.13. The SMILES string of the molecule is O=C(c1ccccc1F)[C@@H]1[C@H](C(=O)c2ccccc2)[C@@]2(C(=O)Nc3ccccc32)[C@@H]2C=Cc3ccccc3N12.